The predicted octanol–water partition coefficient (Wildman–Crippen LogP) is 2.37. The highest BCUT2D eigenvalue weighted by molar-refractivity contribution is 7.20. The zero-order valence-corrected chi connectivity index (χ0v) is 14.8. The van der Waals surface area contributed by atoms with Crippen molar-refractivity contribution in [3.63, 3.8) is 0 Å². The summed E-state index contributed by atoms with van der Waals surface area (Å²) in [6.07, 6.45) is 1.45. The molecule has 0 fully saturated rings. The van der Waals surface area contributed by atoms with Crippen LogP contribution in [0.3, 0.4) is 0 Å². The quantitative estimate of drug-likeness (QED) is 0.390. The molecule has 0 spiro atoms. The second-order valence-electron chi connectivity index (χ2n) is 5.49. The van der Waals surface area contributed by atoms with Crippen LogP contribution in [0.2, 0.25) is 0 Å². The summed E-state index contributed by atoms with van der Waals surface area (Å²) in [6.45, 7) is 1.97. The fourth-order valence-corrected chi connectivity index (χ4v) is 3.53. The molecule has 2 heterocycles. The number of rotatable bonds is 6. The van der Waals surface area contributed by atoms with Gasteiger partial charge in [-0.15, -0.1) is 11.3 Å². The number of anilines is 2. The van der Waals surface area contributed by atoms with Gasteiger partial charge in [-0.05, 0) is 24.6 Å². The number of thiophene rings is 1. The van der Waals surface area contributed by atoms with Gasteiger partial charge in [0.05, 0.1) is 10.3 Å². The molecule has 0 saturated heterocycles. The van der Waals surface area contributed by atoms with E-state index >= 15 is 0 Å². The summed E-state index contributed by atoms with van der Waals surface area (Å²) >= 11 is 1.27. The summed E-state index contributed by atoms with van der Waals surface area (Å²) in [5.74, 6) is -0.214. The van der Waals surface area contributed by atoms with E-state index in [2.05, 4.69) is 20.6 Å². The van der Waals surface area contributed by atoms with Crippen LogP contribution in [-0.2, 0) is 4.79 Å². The van der Waals surface area contributed by atoms with E-state index < -0.39 is 5.91 Å². The maximum Gasteiger partial charge on any atom is 0.261 e. The fraction of sp³-hybridized carbons (Fsp3) is 0.176. The van der Waals surface area contributed by atoms with Gasteiger partial charge in [0.15, 0.2) is 0 Å². The molecule has 0 saturated carbocycles. The Labute approximate surface area is 153 Å². The molecule has 0 radical (unpaired) electrons. The number of para-hydroxylation sites is 1. The van der Waals surface area contributed by atoms with E-state index in [0.717, 1.165) is 16.6 Å². The largest absolute Gasteiger partial charge is 0.351 e. The molecule has 0 atom stereocenters. The van der Waals surface area contributed by atoms with Crippen molar-refractivity contribution >= 4 is 44.9 Å². The minimum Gasteiger partial charge on any atom is -0.351 e. The predicted molar refractivity (Wildman–Crippen MR) is 98.8 cm³/mol. The first-order valence-corrected chi connectivity index (χ1v) is 8.69. The molecule has 0 aliphatic heterocycles. The molecular formula is C17H17N5O3S. The van der Waals surface area contributed by atoms with Crippen LogP contribution in [0.25, 0.3) is 10.2 Å². The highest BCUT2D eigenvalue weighted by atomic mass is 32.1. The van der Waals surface area contributed by atoms with Gasteiger partial charge in [-0.2, -0.15) is 0 Å². The molecule has 3 aromatic rings. The highest BCUT2D eigenvalue weighted by Gasteiger charge is 2.19. The second-order valence-corrected chi connectivity index (χ2v) is 6.49. The molecule has 0 bridgehead atoms. The van der Waals surface area contributed by atoms with Crippen LogP contribution in [0.1, 0.15) is 21.7 Å². The van der Waals surface area contributed by atoms with E-state index in [0.29, 0.717) is 15.5 Å². The number of carbonyl (C=O) groups is 2. The monoisotopic (exact) mass is 371 g/mol. The van der Waals surface area contributed by atoms with Crippen LogP contribution >= 0.6 is 11.3 Å². The summed E-state index contributed by atoms with van der Waals surface area (Å²) in [4.78, 5) is 33.2. The zero-order valence-electron chi connectivity index (χ0n) is 13.9. The first-order chi connectivity index (χ1) is 12.6. The standard InChI is InChI=1S/C17H17N5O3S/c1-10-13-15(21-11-5-3-2-4-6-11)19-9-20-17(13)26-14(10)16(24)18-8-7-12(23)22-25/h2-6,9,25H,7-8H2,1H3,(H,18,24)(H,22,23)(H,19,20,21). The summed E-state index contributed by atoms with van der Waals surface area (Å²) in [5, 5.41) is 15.2. The number of carbonyl (C=O) groups excluding carboxylic acids is 2. The number of aryl methyl sites for hydroxylation is 1. The van der Waals surface area contributed by atoms with Crippen molar-refractivity contribution in [2.24, 2.45) is 0 Å². The van der Waals surface area contributed by atoms with E-state index in [1.165, 1.54) is 23.1 Å². The number of aromatic nitrogens is 2. The maximum atomic E-state index is 12.4. The van der Waals surface area contributed by atoms with Gasteiger partial charge in [-0.25, -0.2) is 15.4 Å². The molecular weight excluding hydrogens is 354 g/mol. The number of hydrogen-bond donors (Lipinski definition) is 4. The van der Waals surface area contributed by atoms with E-state index in [4.69, 9.17) is 5.21 Å². The number of hydroxylamine groups is 1. The van der Waals surface area contributed by atoms with Crippen molar-refractivity contribution < 1.29 is 14.8 Å². The molecule has 2 aromatic heterocycles. The lowest BCUT2D eigenvalue weighted by Crippen LogP contribution is -2.29. The van der Waals surface area contributed by atoms with E-state index in [1.807, 2.05) is 37.3 Å². The number of hydrogen-bond acceptors (Lipinski definition) is 7. The summed E-state index contributed by atoms with van der Waals surface area (Å²) in [6, 6.07) is 9.62. The van der Waals surface area contributed by atoms with Gasteiger partial charge in [0.2, 0.25) is 5.91 Å². The first-order valence-electron chi connectivity index (χ1n) is 7.87. The third-order valence-corrected chi connectivity index (χ3v) is 4.93. The third-order valence-electron chi connectivity index (χ3n) is 3.73. The Kier molecular flexibility index (Phi) is 5.40. The fourth-order valence-electron chi connectivity index (χ4n) is 2.47. The molecule has 3 rings (SSSR count). The molecule has 134 valence electrons. The molecule has 0 unspecified atom stereocenters. The Morgan fingerprint density at radius 1 is 1.19 bits per heavy atom. The molecule has 0 aliphatic carbocycles. The minimum atomic E-state index is -0.557. The molecule has 8 nitrogen and oxygen atoms in total. The lowest BCUT2D eigenvalue weighted by molar-refractivity contribution is -0.129. The van der Waals surface area contributed by atoms with Crippen molar-refractivity contribution in [3.05, 3.63) is 47.1 Å². The minimum absolute atomic E-state index is 0.00714. The molecule has 4 N–H and O–H groups in total. The van der Waals surface area contributed by atoms with Crippen LogP contribution in [0.15, 0.2) is 36.7 Å². The third kappa shape index (κ3) is 3.79. The van der Waals surface area contributed by atoms with Gasteiger partial charge in [0.1, 0.15) is 17.0 Å². The van der Waals surface area contributed by atoms with Crippen molar-refractivity contribution in [2.75, 3.05) is 11.9 Å². The molecule has 2 amide bonds. The van der Waals surface area contributed by atoms with Crippen LogP contribution in [0, 0.1) is 6.92 Å². The maximum absolute atomic E-state index is 12.4. The van der Waals surface area contributed by atoms with E-state index in [1.54, 1.807) is 0 Å². The van der Waals surface area contributed by atoms with E-state index in [-0.39, 0.29) is 18.9 Å². The Morgan fingerprint density at radius 3 is 2.69 bits per heavy atom. The van der Waals surface area contributed by atoms with Crippen LogP contribution in [0.4, 0.5) is 11.5 Å². The first kappa shape index (κ1) is 17.8. The average Bonchev–Trinajstić information content (AvgIpc) is 3.00. The molecule has 9 heteroatoms. The average molecular weight is 371 g/mol. The Morgan fingerprint density at radius 2 is 1.96 bits per heavy atom. The number of amides is 2. The Hall–Kier alpha value is -3.04. The summed E-state index contributed by atoms with van der Waals surface area (Å²) in [7, 11) is 0. The van der Waals surface area contributed by atoms with Crippen LogP contribution in [0.5, 0.6) is 0 Å². The molecule has 0 aliphatic rings. The van der Waals surface area contributed by atoms with Crippen LogP contribution in [-0.4, -0.2) is 33.5 Å². The topological polar surface area (TPSA) is 116 Å². The van der Waals surface area contributed by atoms with Crippen molar-refractivity contribution in [1.29, 1.82) is 0 Å². The Bertz CT molecular complexity index is 942. The smallest absolute Gasteiger partial charge is 0.261 e. The number of benzene rings is 1. The van der Waals surface area contributed by atoms with Gasteiger partial charge < -0.3 is 10.6 Å². The molecule has 26 heavy (non-hydrogen) atoms. The van der Waals surface area contributed by atoms with Crippen molar-refractivity contribution in [1.82, 2.24) is 20.8 Å². The number of fused-ring (bicyclic) bond motifs is 1. The van der Waals surface area contributed by atoms with Gasteiger partial charge in [0, 0.05) is 18.7 Å². The highest BCUT2D eigenvalue weighted by Crippen LogP contribution is 2.34. The lowest BCUT2D eigenvalue weighted by Gasteiger charge is -2.07. The summed E-state index contributed by atoms with van der Waals surface area (Å²) in [5.41, 5.74) is 3.19. The van der Waals surface area contributed by atoms with Crippen molar-refractivity contribution in [3.8, 4) is 0 Å². The molecule has 1 aromatic carbocycles. The van der Waals surface area contributed by atoms with Gasteiger partial charge in [-0.1, -0.05) is 18.2 Å². The number of nitrogens with zero attached hydrogens (tertiary/aromatic N) is 2. The SMILES string of the molecule is Cc1c(C(=O)NCCC(=O)NO)sc2ncnc(Nc3ccccc3)c12. The van der Waals surface area contributed by atoms with Gasteiger partial charge in [0.25, 0.3) is 5.91 Å². The Balaban J connectivity index is 1.85. The number of nitrogens with one attached hydrogen (secondary N) is 3. The zero-order chi connectivity index (χ0) is 18.5. The van der Waals surface area contributed by atoms with Crippen molar-refractivity contribution in [2.45, 2.75) is 13.3 Å². The van der Waals surface area contributed by atoms with E-state index in [9.17, 15) is 9.59 Å². The van der Waals surface area contributed by atoms with Gasteiger partial charge in [-0.3, -0.25) is 14.8 Å². The summed E-state index contributed by atoms with van der Waals surface area (Å²) < 4.78 is 0. The van der Waals surface area contributed by atoms with Crippen LogP contribution < -0.4 is 16.1 Å². The normalized spacial score (nSPS) is 10.5. The van der Waals surface area contributed by atoms with Gasteiger partial charge >= 0.3 is 0 Å². The lowest BCUT2D eigenvalue weighted by atomic mass is 10.2. The second kappa shape index (κ2) is 7.89.